The van der Waals surface area contributed by atoms with E-state index >= 15 is 0 Å². The Morgan fingerprint density at radius 2 is 2.11 bits per heavy atom. The molecule has 0 saturated carbocycles. The average molecular weight is 282 g/mol. The fourth-order valence-electron chi connectivity index (χ4n) is 2.21. The van der Waals surface area contributed by atoms with Crippen molar-refractivity contribution in [1.82, 2.24) is 9.78 Å². The normalized spacial score (nSPS) is 11.0. The van der Waals surface area contributed by atoms with Gasteiger partial charge in [-0.25, -0.2) is 4.39 Å². The van der Waals surface area contributed by atoms with Crippen LogP contribution in [0.5, 0.6) is 0 Å². The summed E-state index contributed by atoms with van der Waals surface area (Å²) in [5, 5.41) is 4.62. The highest BCUT2D eigenvalue weighted by Crippen LogP contribution is 2.18. The molecule has 0 unspecified atom stereocenters. The molecule has 102 valence electrons. The largest absolute Gasteiger partial charge is 0.330 e. The molecule has 0 saturated heterocycles. The van der Waals surface area contributed by atoms with Crippen molar-refractivity contribution >= 4 is 11.6 Å². The zero-order valence-electron chi connectivity index (χ0n) is 11.1. The van der Waals surface area contributed by atoms with E-state index in [0.29, 0.717) is 13.1 Å². The highest BCUT2D eigenvalue weighted by atomic mass is 35.5. The number of nitrogens with zero attached hydrogens (tertiary/aromatic N) is 2. The van der Waals surface area contributed by atoms with Gasteiger partial charge in [-0.15, -0.1) is 0 Å². The van der Waals surface area contributed by atoms with Crippen molar-refractivity contribution in [3.63, 3.8) is 0 Å². The second-order valence-corrected chi connectivity index (χ2v) is 5.00. The lowest BCUT2D eigenvalue weighted by molar-refractivity contribution is 0.616. The number of benzene rings is 1. The van der Waals surface area contributed by atoms with Gasteiger partial charge in [-0.2, -0.15) is 5.10 Å². The second-order valence-electron chi connectivity index (χ2n) is 4.59. The highest BCUT2D eigenvalue weighted by Gasteiger charge is 2.11. The van der Waals surface area contributed by atoms with Crippen LogP contribution in [0.3, 0.4) is 0 Å². The van der Waals surface area contributed by atoms with Crippen LogP contribution in [0.25, 0.3) is 0 Å². The third kappa shape index (κ3) is 2.96. The van der Waals surface area contributed by atoms with Crippen molar-refractivity contribution in [3.05, 3.63) is 51.6 Å². The van der Waals surface area contributed by atoms with Crippen molar-refractivity contribution in [2.45, 2.75) is 26.8 Å². The summed E-state index contributed by atoms with van der Waals surface area (Å²) >= 11 is 5.67. The molecule has 0 radical (unpaired) electrons. The van der Waals surface area contributed by atoms with E-state index in [1.165, 1.54) is 11.6 Å². The Labute approximate surface area is 117 Å². The highest BCUT2D eigenvalue weighted by molar-refractivity contribution is 6.30. The molecule has 1 aromatic carbocycles. The number of hydrogen-bond acceptors (Lipinski definition) is 2. The standard InChI is InChI=1S/C14H17ClFN3/c1-9-12(5-6-17)10(2)19(18-9)8-11-3-4-13(15)14(16)7-11/h3-4,7H,5-6,8,17H2,1-2H3. The van der Waals surface area contributed by atoms with Crippen LogP contribution in [-0.4, -0.2) is 16.3 Å². The zero-order valence-corrected chi connectivity index (χ0v) is 11.8. The van der Waals surface area contributed by atoms with Crippen LogP contribution in [-0.2, 0) is 13.0 Å². The first-order valence-corrected chi connectivity index (χ1v) is 6.57. The quantitative estimate of drug-likeness (QED) is 0.936. The van der Waals surface area contributed by atoms with Gasteiger partial charge in [-0.3, -0.25) is 4.68 Å². The number of aromatic nitrogens is 2. The van der Waals surface area contributed by atoms with Gasteiger partial charge in [0.05, 0.1) is 17.3 Å². The molecule has 2 rings (SSSR count). The first-order valence-electron chi connectivity index (χ1n) is 6.19. The summed E-state index contributed by atoms with van der Waals surface area (Å²) in [6.45, 7) is 5.11. The lowest BCUT2D eigenvalue weighted by Crippen LogP contribution is -2.07. The topological polar surface area (TPSA) is 43.8 Å². The van der Waals surface area contributed by atoms with Crippen LogP contribution < -0.4 is 5.73 Å². The molecule has 0 aliphatic rings. The number of halogens is 2. The number of hydrogen-bond donors (Lipinski definition) is 1. The van der Waals surface area contributed by atoms with Crippen molar-refractivity contribution < 1.29 is 4.39 Å². The van der Waals surface area contributed by atoms with E-state index in [-0.39, 0.29) is 5.02 Å². The summed E-state index contributed by atoms with van der Waals surface area (Å²) in [4.78, 5) is 0. The summed E-state index contributed by atoms with van der Waals surface area (Å²) in [7, 11) is 0. The minimum absolute atomic E-state index is 0.140. The van der Waals surface area contributed by atoms with E-state index in [0.717, 1.165) is 23.4 Å². The molecule has 5 heteroatoms. The Morgan fingerprint density at radius 1 is 1.37 bits per heavy atom. The number of nitrogens with two attached hydrogens (primary N) is 1. The first kappa shape index (κ1) is 14.0. The lowest BCUT2D eigenvalue weighted by atomic mass is 10.1. The van der Waals surface area contributed by atoms with E-state index in [1.54, 1.807) is 6.07 Å². The Bertz CT molecular complexity index is 593. The second kappa shape index (κ2) is 5.72. The molecule has 0 atom stereocenters. The number of rotatable bonds is 4. The summed E-state index contributed by atoms with van der Waals surface area (Å²) in [6, 6.07) is 4.82. The molecule has 0 aliphatic carbocycles. The molecule has 1 heterocycles. The van der Waals surface area contributed by atoms with E-state index in [9.17, 15) is 4.39 Å². The Hall–Kier alpha value is -1.39. The van der Waals surface area contributed by atoms with Gasteiger partial charge in [0.15, 0.2) is 0 Å². The maximum absolute atomic E-state index is 13.4. The van der Waals surface area contributed by atoms with E-state index in [4.69, 9.17) is 17.3 Å². The van der Waals surface area contributed by atoms with Gasteiger partial charge in [0.1, 0.15) is 5.82 Å². The van der Waals surface area contributed by atoms with Crippen LogP contribution >= 0.6 is 11.6 Å². The van der Waals surface area contributed by atoms with Gasteiger partial charge >= 0.3 is 0 Å². The van der Waals surface area contributed by atoms with Crippen LogP contribution in [0.2, 0.25) is 5.02 Å². The molecule has 19 heavy (non-hydrogen) atoms. The zero-order chi connectivity index (χ0) is 14.0. The maximum atomic E-state index is 13.4. The molecular weight excluding hydrogens is 265 g/mol. The monoisotopic (exact) mass is 281 g/mol. The maximum Gasteiger partial charge on any atom is 0.142 e. The van der Waals surface area contributed by atoms with Gasteiger partial charge < -0.3 is 5.73 Å². The SMILES string of the molecule is Cc1nn(Cc2ccc(Cl)c(F)c2)c(C)c1CCN. The molecule has 2 N–H and O–H groups in total. The molecule has 3 nitrogen and oxygen atoms in total. The molecule has 0 bridgehead atoms. The average Bonchev–Trinajstić information content (AvgIpc) is 2.62. The molecular formula is C14H17ClFN3. The molecule has 0 fully saturated rings. The fourth-order valence-corrected chi connectivity index (χ4v) is 2.32. The fraction of sp³-hybridized carbons (Fsp3) is 0.357. The van der Waals surface area contributed by atoms with Gasteiger partial charge in [0.25, 0.3) is 0 Å². The summed E-state index contributed by atoms with van der Waals surface area (Å²) in [6.07, 6.45) is 0.812. The van der Waals surface area contributed by atoms with Gasteiger partial charge in [0, 0.05) is 5.69 Å². The summed E-state index contributed by atoms with van der Waals surface area (Å²) in [5.74, 6) is -0.400. The Morgan fingerprint density at radius 3 is 2.74 bits per heavy atom. The van der Waals surface area contributed by atoms with Crippen LogP contribution in [0.15, 0.2) is 18.2 Å². The lowest BCUT2D eigenvalue weighted by Gasteiger charge is -2.06. The van der Waals surface area contributed by atoms with Crippen molar-refractivity contribution in [2.75, 3.05) is 6.54 Å². The third-order valence-corrected chi connectivity index (χ3v) is 3.55. The molecule has 1 aromatic heterocycles. The first-order chi connectivity index (χ1) is 9.02. The summed E-state index contributed by atoms with van der Waals surface area (Å²) in [5.41, 5.74) is 9.68. The van der Waals surface area contributed by atoms with E-state index in [2.05, 4.69) is 5.10 Å². The van der Waals surface area contributed by atoms with Crippen molar-refractivity contribution in [1.29, 1.82) is 0 Å². The number of aryl methyl sites for hydroxylation is 1. The van der Waals surface area contributed by atoms with Crippen LogP contribution in [0, 0.1) is 19.7 Å². The molecule has 0 aliphatic heterocycles. The predicted octanol–water partition coefficient (Wildman–Crippen LogP) is 2.84. The van der Waals surface area contributed by atoms with Gasteiger partial charge in [-0.05, 0) is 50.1 Å². The van der Waals surface area contributed by atoms with Gasteiger partial charge in [-0.1, -0.05) is 17.7 Å². The smallest absolute Gasteiger partial charge is 0.142 e. The molecule has 0 amide bonds. The van der Waals surface area contributed by atoms with Crippen LogP contribution in [0.4, 0.5) is 4.39 Å². The van der Waals surface area contributed by atoms with Gasteiger partial charge in [0.2, 0.25) is 0 Å². The van der Waals surface area contributed by atoms with E-state index < -0.39 is 5.82 Å². The molecule has 0 spiro atoms. The molecule has 2 aromatic rings. The van der Waals surface area contributed by atoms with Crippen molar-refractivity contribution in [2.24, 2.45) is 5.73 Å². The Kier molecular flexibility index (Phi) is 4.22. The minimum Gasteiger partial charge on any atom is -0.330 e. The van der Waals surface area contributed by atoms with E-state index in [1.807, 2.05) is 24.6 Å². The van der Waals surface area contributed by atoms with Crippen LogP contribution in [0.1, 0.15) is 22.5 Å². The predicted molar refractivity (Wildman–Crippen MR) is 75.0 cm³/mol. The minimum atomic E-state index is -0.400. The third-order valence-electron chi connectivity index (χ3n) is 3.24. The Balaban J connectivity index is 2.28. The van der Waals surface area contributed by atoms with Crippen molar-refractivity contribution in [3.8, 4) is 0 Å². The summed E-state index contributed by atoms with van der Waals surface area (Å²) < 4.78 is 15.3.